The minimum atomic E-state index is 1.08. The first kappa shape index (κ1) is 71.2. The Hall–Kier alpha value is -15.9. The SMILES string of the molecule is c1ccc(-c2ccc(Nc3ccc4c(c3)c3ccccc3n4-c3ccccc3)cc2)cc1.c1ccc(-n2c3ccccc3c3cc(Nc4ccc5ccccc5c4)ccc32)cc1.c1ccc(-n2c3ccccc3c3cc(Nc4cccc5ccccc45)ccc32)cc1.c1ccc(Nc2ccc3c(c2)c2ccccc2n3-c2ccccc2)cc1. The molecular weight excluding hydrogens is 1430 g/mol. The fraction of sp³-hybridized carbons (Fsp3) is 0. The molecule has 0 aliphatic carbocycles. The predicted molar refractivity (Wildman–Crippen MR) is 502 cm³/mol. The summed E-state index contributed by atoms with van der Waals surface area (Å²) in [6.07, 6.45) is 0. The van der Waals surface area contributed by atoms with Crippen LogP contribution in [0.15, 0.2) is 461 Å². The Morgan fingerprint density at radius 3 is 0.805 bits per heavy atom. The first-order chi connectivity index (χ1) is 58.5. The zero-order valence-corrected chi connectivity index (χ0v) is 64.7. The molecule has 23 rings (SSSR count). The highest BCUT2D eigenvalue weighted by Crippen LogP contribution is 2.41. The molecule has 0 atom stereocenters. The van der Waals surface area contributed by atoms with E-state index in [4.69, 9.17) is 0 Å². The van der Waals surface area contributed by atoms with Crippen LogP contribution in [0.1, 0.15) is 0 Å². The number of nitrogens with zero attached hydrogens (tertiary/aromatic N) is 4. The van der Waals surface area contributed by atoms with Crippen molar-refractivity contribution in [1.82, 2.24) is 18.3 Å². The van der Waals surface area contributed by atoms with E-state index in [9.17, 15) is 0 Å². The van der Waals surface area contributed by atoms with Gasteiger partial charge in [0, 0.05) is 117 Å². The van der Waals surface area contributed by atoms with Crippen molar-refractivity contribution in [2.75, 3.05) is 21.3 Å². The highest BCUT2D eigenvalue weighted by atomic mass is 15.0. The lowest BCUT2D eigenvalue weighted by molar-refractivity contribution is 1.18. The van der Waals surface area contributed by atoms with Crippen molar-refractivity contribution in [3.8, 4) is 33.9 Å². The Morgan fingerprint density at radius 1 is 0.136 bits per heavy atom. The highest BCUT2D eigenvalue weighted by Gasteiger charge is 2.18. The van der Waals surface area contributed by atoms with Crippen LogP contribution in [0.5, 0.6) is 0 Å². The largest absolute Gasteiger partial charge is 0.356 e. The van der Waals surface area contributed by atoms with Gasteiger partial charge in [0.2, 0.25) is 0 Å². The van der Waals surface area contributed by atoms with Crippen molar-refractivity contribution in [3.05, 3.63) is 461 Å². The van der Waals surface area contributed by atoms with Gasteiger partial charge in [-0.05, 0) is 215 Å². The summed E-state index contributed by atoms with van der Waals surface area (Å²) in [6.45, 7) is 0. The summed E-state index contributed by atoms with van der Waals surface area (Å²) in [4.78, 5) is 0. The van der Waals surface area contributed by atoms with E-state index in [-0.39, 0.29) is 0 Å². The zero-order chi connectivity index (χ0) is 78.5. The number of aromatic nitrogens is 4. The summed E-state index contributed by atoms with van der Waals surface area (Å²) in [5, 5.41) is 29.3. The lowest BCUT2D eigenvalue weighted by atomic mass is 10.1. The number of fused-ring (bicyclic) bond motifs is 14. The van der Waals surface area contributed by atoms with Gasteiger partial charge in [-0.15, -0.1) is 0 Å². The van der Waals surface area contributed by atoms with Gasteiger partial charge in [-0.2, -0.15) is 0 Å². The molecule has 560 valence electrons. The standard InChI is InChI=1S/C30H22N2.2C28H20N2.C24H18N2/c1-3-9-22(10-4-1)23-15-17-24(18-16-23)31-25-19-20-30-28(21-25)27-13-7-8-14-29(27)32(30)26-11-5-2-6-12-26;1-2-11-22(12-3-1)30-27-16-7-6-14-24(27)25-19-21(17-18-28(25)30)29-26-15-8-10-20-9-4-5-13-23(20)26;1-2-10-24(11-3-1)30-27-13-7-6-12-25(27)26-19-23(16-17-28(26)30)29-22-15-14-20-8-4-5-9-21(20)18-22;1-3-9-18(10-4-1)25-19-15-16-24-22(17-19)21-13-7-8-14-23(21)26(24)20-11-5-2-6-12-20/h1-21,31H;2*1-19,29H;1-17,25H. The lowest BCUT2D eigenvalue weighted by Gasteiger charge is -2.11. The maximum absolute atomic E-state index is 3.64. The fourth-order valence-corrected chi connectivity index (χ4v) is 16.8. The van der Waals surface area contributed by atoms with E-state index >= 15 is 0 Å². The summed E-state index contributed by atoms with van der Waals surface area (Å²) in [7, 11) is 0. The molecule has 0 spiro atoms. The minimum absolute atomic E-state index is 1.08. The zero-order valence-electron chi connectivity index (χ0n) is 64.7. The Kier molecular flexibility index (Phi) is 19.3. The maximum atomic E-state index is 3.64. The summed E-state index contributed by atoms with van der Waals surface area (Å²) in [6, 6.07) is 162. The monoisotopic (exact) mass is 1510 g/mol. The molecule has 4 heterocycles. The molecule has 8 heteroatoms. The van der Waals surface area contributed by atoms with Gasteiger partial charge < -0.3 is 39.5 Å². The van der Waals surface area contributed by atoms with E-state index < -0.39 is 0 Å². The molecule has 0 fully saturated rings. The third-order valence-corrected chi connectivity index (χ3v) is 22.2. The van der Waals surface area contributed by atoms with Gasteiger partial charge >= 0.3 is 0 Å². The second kappa shape index (κ2) is 31.9. The van der Waals surface area contributed by atoms with Crippen molar-refractivity contribution in [2.24, 2.45) is 0 Å². The molecule has 0 radical (unpaired) electrons. The molecule has 0 unspecified atom stereocenters. The summed E-state index contributed by atoms with van der Waals surface area (Å²) in [5.74, 6) is 0. The van der Waals surface area contributed by atoms with Gasteiger partial charge in [0.15, 0.2) is 0 Å². The van der Waals surface area contributed by atoms with E-state index in [1.165, 1.54) is 143 Å². The smallest absolute Gasteiger partial charge is 0.0542 e. The number of hydrogen-bond acceptors (Lipinski definition) is 4. The van der Waals surface area contributed by atoms with Crippen molar-refractivity contribution < 1.29 is 0 Å². The number of anilines is 8. The number of rotatable bonds is 13. The van der Waals surface area contributed by atoms with E-state index in [0.717, 1.165) is 45.5 Å². The first-order valence-electron chi connectivity index (χ1n) is 40.1. The average Bonchev–Trinajstić information content (AvgIpc) is 1.61. The molecule has 4 N–H and O–H groups in total. The normalized spacial score (nSPS) is 11.2. The molecule has 0 amide bonds. The Labute approximate surface area is 684 Å². The van der Waals surface area contributed by atoms with Gasteiger partial charge in [0.05, 0.1) is 44.1 Å². The Bertz CT molecular complexity index is 7510. The van der Waals surface area contributed by atoms with Crippen molar-refractivity contribution >= 4 is 154 Å². The van der Waals surface area contributed by atoms with Crippen LogP contribution in [0.25, 0.3) is 143 Å². The molecule has 19 aromatic carbocycles. The highest BCUT2D eigenvalue weighted by molar-refractivity contribution is 6.14. The quantitative estimate of drug-likeness (QED) is 0.0929. The lowest BCUT2D eigenvalue weighted by Crippen LogP contribution is -1.94. The Morgan fingerprint density at radius 2 is 0.398 bits per heavy atom. The minimum Gasteiger partial charge on any atom is -0.356 e. The van der Waals surface area contributed by atoms with Gasteiger partial charge in [-0.3, -0.25) is 0 Å². The van der Waals surface area contributed by atoms with E-state index in [1.54, 1.807) is 0 Å². The molecule has 0 saturated carbocycles. The molecule has 118 heavy (non-hydrogen) atoms. The van der Waals surface area contributed by atoms with Crippen LogP contribution < -0.4 is 21.3 Å². The summed E-state index contributed by atoms with van der Waals surface area (Å²) in [5.41, 5.74) is 25.7. The van der Waals surface area contributed by atoms with Crippen molar-refractivity contribution in [1.29, 1.82) is 0 Å². The van der Waals surface area contributed by atoms with Gasteiger partial charge in [0.25, 0.3) is 0 Å². The van der Waals surface area contributed by atoms with Crippen LogP contribution in [0.2, 0.25) is 0 Å². The number of benzene rings is 19. The molecule has 0 aliphatic rings. The second-order valence-electron chi connectivity index (χ2n) is 29.6. The van der Waals surface area contributed by atoms with E-state index in [1.807, 2.05) is 24.3 Å². The first-order valence-corrected chi connectivity index (χ1v) is 40.1. The molecule has 4 aromatic heterocycles. The van der Waals surface area contributed by atoms with Gasteiger partial charge in [-0.1, -0.05) is 273 Å². The topological polar surface area (TPSA) is 67.8 Å². The third-order valence-electron chi connectivity index (χ3n) is 22.2. The van der Waals surface area contributed by atoms with Gasteiger partial charge in [0.1, 0.15) is 0 Å². The van der Waals surface area contributed by atoms with Crippen molar-refractivity contribution in [3.63, 3.8) is 0 Å². The Balaban J connectivity index is 0.000000101. The van der Waals surface area contributed by atoms with Crippen LogP contribution >= 0.6 is 0 Å². The van der Waals surface area contributed by atoms with Crippen LogP contribution in [0.4, 0.5) is 45.5 Å². The molecule has 0 bridgehead atoms. The van der Waals surface area contributed by atoms with Crippen LogP contribution in [0, 0.1) is 0 Å². The maximum Gasteiger partial charge on any atom is 0.0542 e. The van der Waals surface area contributed by atoms with E-state index in [2.05, 4.69) is 476 Å². The van der Waals surface area contributed by atoms with Crippen LogP contribution in [0.3, 0.4) is 0 Å². The van der Waals surface area contributed by atoms with Crippen molar-refractivity contribution in [2.45, 2.75) is 0 Å². The second-order valence-corrected chi connectivity index (χ2v) is 29.6. The molecule has 0 saturated heterocycles. The molecule has 8 nitrogen and oxygen atoms in total. The number of nitrogens with one attached hydrogen (secondary N) is 4. The van der Waals surface area contributed by atoms with Crippen LogP contribution in [-0.4, -0.2) is 18.3 Å². The number of hydrogen-bond donors (Lipinski definition) is 4. The van der Waals surface area contributed by atoms with Crippen LogP contribution in [-0.2, 0) is 0 Å². The van der Waals surface area contributed by atoms with Gasteiger partial charge in [-0.25, -0.2) is 0 Å². The number of para-hydroxylation sites is 9. The fourth-order valence-electron chi connectivity index (χ4n) is 16.8. The van der Waals surface area contributed by atoms with E-state index in [0.29, 0.717) is 0 Å². The molecule has 23 aromatic rings. The predicted octanol–water partition coefficient (Wildman–Crippen LogP) is 30.1. The molecule has 0 aliphatic heterocycles. The average molecular weight is 1510 g/mol. The summed E-state index contributed by atoms with van der Waals surface area (Å²) >= 11 is 0. The third kappa shape index (κ3) is 14.2. The molecular formula is C110H80N8. The summed E-state index contributed by atoms with van der Waals surface area (Å²) < 4.78 is 9.34.